The maximum absolute atomic E-state index is 4.26. The molecule has 0 aromatic carbocycles. The summed E-state index contributed by atoms with van der Waals surface area (Å²) in [6.07, 6.45) is 16.4. The van der Waals surface area contributed by atoms with Crippen molar-refractivity contribution in [1.82, 2.24) is 15.3 Å². The number of H-pyrrole nitrogens is 1. The predicted octanol–water partition coefficient (Wildman–Crippen LogP) is 3.04. The van der Waals surface area contributed by atoms with Crippen molar-refractivity contribution in [2.75, 3.05) is 6.54 Å². The van der Waals surface area contributed by atoms with E-state index >= 15 is 0 Å². The molecule has 0 bridgehead atoms. The average Bonchev–Trinajstić information content (AvgIpc) is 3.04. The van der Waals surface area contributed by atoms with Crippen LogP contribution < -0.4 is 5.32 Å². The first-order valence-corrected chi connectivity index (χ1v) is 7.58. The number of hydrogen-bond donors (Lipinski definition) is 2. The van der Waals surface area contributed by atoms with E-state index in [1.54, 1.807) is 0 Å². The van der Waals surface area contributed by atoms with Crippen LogP contribution in [0.5, 0.6) is 0 Å². The van der Waals surface area contributed by atoms with E-state index in [2.05, 4.69) is 15.3 Å². The summed E-state index contributed by atoms with van der Waals surface area (Å²) < 4.78 is 0. The van der Waals surface area contributed by atoms with Crippen LogP contribution in [0, 0.1) is 5.41 Å². The van der Waals surface area contributed by atoms with E-state index in [4.69, 9.17) is 0 Å². The van der Waals surface area contributed by atoms with Crippen molar-refractivity contribution in [2.24, 2.45) is 5.41 Å². The van der Waals surface area contributed by atoms with Gasteiger partial charge in [0.15, 0.2) is 0 Å². The first-order valence-electron chi connectivity index (χ1n) is 7.58. The number of nitrogens with zero attached hydrogens (tertiary/aromatic N) is 1. The normalized spacial score (nSPS) is 23.8. The van der Waals surface area contributed by atoms with Crippen LogP contribution in [0.2, 0.25) is 0 Å². The van der Waals surface area contributed by atoms with Gasteiger partial charge in [0.25, 0.3) is 0 Å². The molecule has 2 saturated carbocycles. The summed E-state index contributed by atoms with van der Waals surface area (Å²) >= 11 is 0. The molecule has 0 saturated heterocycles. The average molecular weight is 247 g/mol. The third kappa shape index (κ3) is 2.77. The summed E-state index contributed by atoms with van der Waals surface area (Å²) in [5.41, 5.74) is 0.763. The topological polar surface area (TPSA) is 40.7 Å². The number of aromatic amines is 1. The molecule has 1 aromatic rings. The van der Waals surface area contributed by atoms with Gasteiger partial charge in [-0.3, -0.25) is 0 Å². The van der Waals surface area contributed by atoms with Gasteiger partial charge >= 0.3 is 0 Å². The Bertz CT molecular complexity index is 342. The van der Waals surface area contributed by atoms with Crippen LogP contribution in [0.25, 0.3) is 0 Å². The van der Waals surface area contributed by atoms with Gasteiger partial charge in [0.05, 0.1) is 0 Å². The Hall–Kier alpha value is -0.830. The third-order valence-electron chi connectivity index (χ3n) is 5.06. The van der Waals surface area contributed by atoms with Crippen molar-refractivity contribution >= 4 is 0 Å². The van der Waals surface area contributed by atoms with Gasteiger partial charge < -0.3 is 10.3 Å². The molecule has 2 aliphatic carbocycles. The number of aromatic nitrogens is 2. The Labute approximate surface area is 110 Å². The Balaban J connectivity index is 1.38. The zero-order valence-corrected chi connectivity index (χ0v) is 11.3. The molecule has 2 fully saturated rings. The second-order valence-electron chi connectivity index (χ2n) is 6.22. The largest absolute Gasteiger partial charge is 0.349 e. The monoisotopic (exact) mass is 247 g/mol. The highest BCUT2D eigenvalue weighted by atomic mass is 14.9. The van der Waals surface area contributed by atoms with Crippen LogP contribution in [-0.4, -0.2) is 22.6 Å². The van der Waals surface area contributed by atoms with Crippen LogP contribution in [0.1, 0.15) is 57.2 Å². The summed E-state index contributed by atoms with van der Waals surface area (Å²) in [6, 6.07) is 0.756. The fourth-order valence-corrected chi connectivity index (χ4v) is 3.89. The molecule has 2 N–H and O–H groups in total. The van der Waals surface area contributed by atoms with E-state index in [1.165, 1.54) is 51.4 Å². The lowest BCUT2D eigenvalue weighted by molar-refractivity contribution is 0.169. The number of hydrogen-bond acceptors (Lipinski definition) is 2. The highest BCUT2D eigenvalue weighted by molar-refractivity contribution is 4.92. The van der Waals surface area contributed by atoms with Crippen molar-refractivity contribution in [3.63, 3.8) is 0 Å². The van der Waals surface area contributed by atoms with Crippen LogP contribution in [0.4, 0.5) is 0 Å². The summed E-state index contributed by atoms with van der Waals surface area (Å²) in [5, 5.41) is 3.71. The summed E-state index contributed by atoms with van der Waals surface area (Å²) in [6.45, 7) is 1.06. The van der Waals surface area contributed by atoms with E-state index in [1.807, 2.05) is 12.4 Å². The molecule has 1 heterocycles. The Kier molecular flexibility index (Phi) is 3.69. The van der Waals surface area contributed by atoms with Gasteiger partial charge in [0.2, 0.25) is 0 Å². The molecule has 100 valence electrons. The van der Waals surface area contributed by atoms with Crippen LogP contribution in [0.3, 0.4) is 0 Å². The highest BCUT2D eigenvalue weighted by Gasteiger charge is 2.37. The quantitative estimate of drug-likeness (QED) is 0.858. The lowest BCUT2D eigenvalue weighted by atomic mass is 9.71. The Morgan fingerprint density at radius 2 is 2.00 bits per heavy atom. The maximum Gasteiger partial charge on any atom is 0.107 e. The number of rotatable bonds is 4. The molecule has 0 atom stereocenters. The van der Waals surface area contributed by atoms with E-state index < -0.39 is 0 Å². The van der Waals surface area contributed by atoms with E-state index in [-0.39, 0.29) is 0 Å². The lowest BCUT2D eigenvalue weighted by Gasteiger charge is -2.37. The molecule has 18 heavy (non-hydrogen) atoms. The molecular formula is C15H25N3. The van der Waals surface area contributed by atoms with E-state index in [9.17, 15) is 0 Å². The summed E-state index contributed by atoms with van der Waals surface area (Å²) in [4.78, 5) is 7.42. The van der Waals surface area contributed by atoms with Crippen molar-refractivity contribution in [2.45, 2.75) is 63.8 Å². The molecule has 0 aliphatic heterocycles. The van der Waals surface area contributed by atoms with Crippen molar-refractivity contribution in [3.05, 3.63) is 18.2 Å². The van der Waals surface area contributed by atoms with Gasteiger partial charge in [-0.2, -0.15) is 0 Å². The van der Waals surface area contributed by atoms with Gasteiger partial charge in [-0.05, 0) is 43.9 Å². The van der Waals surface area contributed by atoms with Gasteiger partial charge in [0, 0.05) is 31.4 Å². The van der Waals surface area contributed by atoms with Gasteiger partial charge in [-0.25, -0.2) is 4.98 Å². The van der Waals surface area contributed by atoms with E-state index in [0.29, 0.717) is 0 Å². The Morgan fingerprint density at radius 1 is 1.22 bits per heavy atom. The third-order valence-corrected chi connectivity index (χ3v) is 5.06. The second-order valence-corrected chi connectivity index (χ2v) is 6.22. The fraction of sp³-hybridized carbons (Fsp3) is 0.800. The molecule has 0 unspecified atom stereocenters. The molecule has 3 nitrogen and oxygen atoms in total. The van der Waals surface area contributed by atoms with Crippen molar-refractivity contribution in [1.29, 1.82) is 0 Å². The molecular weight excluding hydrogens is 222 g/mol. The first-order chi connectivity index (χ1) is 8.86. The van der Waals surface area contributed by atoms with Gasteiger partial charge in [-0.15, -0.1) is 0 Å². The minimum Gasteiger partial charge on any atom is -0.349 e. The number of imidazole rings is 1. The zero-order chi connectivity index (χ0) is 12.3. The van der Waals surface area contributed by atoms with Crippen LogP contribution in [0.15, 0.2) is 12.4 Å². The minimum atomic E-state index is 0.756. The van der Waals surface area contributed by atoms with Crippen LogP contribution >= 0.6 is 0 Å². The van der Waals surface area contributed by atoms with Gasteiger partial charge in [-0.1, -0.05) is 12.8 Å². The second kappa shape index (κ2) is 5.43. The first kappa shape index (κ1) is 12.2. The molecule has 0 amide bonds. The molecule has 2 aliphatic rings. The predicted molar refractivity (Wildman–Crippen MR) is 73.5 cm³/mol. The van der Waals surface area contributed by atoms with E-state index in [0.717, 1.165) is 30.2 Å². The molecule has 0 radical (unpaired) electrons. The smallest absolute Gasteiger partial charge is 0.107 e. The minimum absolute atomic E-state index is 0.756. The molecule has 1 aromatic heterocycles. The van der Waals surface area contributed by atoms with Crippen LogP contribution in [-0.2, 0) is 6.42 Å². The number of nitrogens with one attached hydrogen (secondary N) is 2. The molecule has 3 heteroatoms. The standard InChI is InChI=1S/C15H25N3/c1-2-7-15(6-1)8-3-13(4-9-15)16-10-5-14-17-11-12-18-14/h11-13,16H,1-10H2,(H,17,18). The lowest BCUT2D eigenvalue weighted by Crippen LogP contribution is -2.37. The SMILES string of the molecule is c1c[nH]c(CCNC2CCC3(CCCC3)CC2)n1. The maximum atomic E-state index is 4.26. The summed E-state index contributed by atoms with van der Waals surface area (Å²) in [5.74, 6) is 1.10. The van der Waals surface area contributed by atoms with Gasteiger partial charge in [0.1, 0.15) is 5.82 Å². The molecule has 1 spiro atoms. The van der Waals surface area contributed by atoms with Crippen molar-refractivity contribution in [3.8, 4) is 0 Å². The summed E-state index contributed by atoms with van der Waals surface area (Å²) in [7, 11) is 0. The Morgan fingerprint density at radius 3 is 2.67 bits per heavy atom. The van der Waals surface area contributed by atoms with Crippen molar-refractivity contribution < 1.29 is 0 Å². The fourth-order valence-electron chi connectivity index (χ4n) is 3.89. The highest BCUT2D eigenvalue weighted by Crippen LogP contribution is 2.48. The molecule has 3 rings (SSSR count). The zero-order valence-electron chi connectivity index (χ0n) is 11.3.